The molecule has 1 amide bonds. The summed E-state index contributed by atoms with van der Waals surface area (Å²) in [6, 6.07) is 11.5. The predicted molar refractivity (Wildman–Crippen MR) is 116 cm³/mol. The smallest absolute Gasteiger partial charge is 0.255 e. The Labute approximate surface area is 182 Å². The summed E-state index contributed by atoms with van der Waals surface area (Å²) in [5, 5.41) is 2.56. The van der Waals surface area contributed by atoms with Gasteiger partial charge in [-0.2, -0.15) is 4.31 Å². The van der Waals surface area contributed by atoms with Gasteiger partial charge in [0.1, 0.15) is 0 Å². The number of amides is 1. The van der Waals surface area contributed by atoms with Crippen LogP contribution in [-0.2, 0) is 29.3 Å². The van der Waals surface area contributed by atoms with Gasteiger partial charge in [0.2, 0.25) is 10.0 Å². The lowest BCUT2D eigenvalue weighted by Gasteiger charge is -2.21. The summed E-state index contributed by atoms with van der Waals surface area (Å²) < 4.78 is 60.8. The molecule has 0 aliphatic rings. The van der Waals surface area contributed by atoms with Gasteiger partial charge in [0.05, 0.1) is 28.7 Å². The fourth-order valence-electron chi connectivity index (χ4n) is 2.75. The third kappa shape index (κ3) is 6.58. The monoisotopic (exact) mass is 470 g/mol. The van der Waals surface area contributed by atoms with E-state index < -0.39 is 25.8 Å². The van der Waals surface area contributed by atoms with Gasteiger partial charge in [-0.1, -0.05) is 12.1 Å². The maximum Gasteiger partial charge on any atom is 0.255 e. The molecule has 0 spiro atoms. The fourth-order valence-corrected chi connectivity index (χ4v) is 5.01. The molecule has 1 N–H and O–H groups in total. The molecule has 0 saturated heterocycles. The van der Waals surface area contributed by atoms with Crippen molar-refractivity contribution in [2.75, 3.05) is 52.1 Å². The SMILES string of the molecule is COCCN(CCOC)S(=O)(=O)c1ccc(C(=O)Nc2ccccc2S(C)(=O)=O)cc1. The molecule has 0 atom stereocenters. The summed E-state index contributed by atoms with van der Waals surface area (Å²) in [4.78, 5) is 12.6. The lowest BCUT2D eigenvalue weighted by molar-refractivity contribution is 0.102. The number of hydrogen-bond donors (Lipinski definition) is 1. The maximum atomic E-state index is 12.9. The standard InChI is InChI=1S/C20H26N2O7S2/c1-28-14-12-22(13-15-29-2)31(26,27)17-10-8-16(9-11-17)20(23)21-18-6-4-5-7-19(18)30(3,24)25/h4-11H,12-15H2,1-3H3,(H,21,23). The molecule has 2 aromatic carbocycles. The van der Waals surface area contributed by atoms with Crippen molar-refractivity contribution in [3.8, 4) is 0 Å². The molecule has 2 aromatic rings. The summed E-state index contributed by atoms with van der Waals surface area (Å²) in [6.07, 6.45) is 1.05. The van der Waals surface area contributed by atoms with E-state index in [-0.39, 0.29) is 47.3 Å². The molecule has 11 heteroatoms. The molecule has 31 heavy (non-hydrogen) atoms. The molecule has 0 unspecified atom stereocenters. The van der Waals surface area contributed by atoms with Crippen LogP contribution in [-0.4, -0.2) is 73.8 Å². The number of anilines is 1. The first kappa shape index (κ1) is 25.0. The lowest BCUT2D eigenvalue weighted by atomic mass is 10.2. The van der Waals surface area contributed by atoms with E-state index in [4.69, 9.17) is 9.47 Å². The first-order valence-corrected chi connectivity index (χ1v) is 12.6. The van der Waals surface area contributed by atoms with Gasteiger partial charge in [-0.05, 0) is 36.4 Å². The van der Waals surface area contributed by atoms with Gasteiger partial charge in [-0.25, -0.2) is 16.8 Å². The van der Waals surface area contributed by atoms with E-state index in [9.17, 15) is 21.6 Å². The number of sulfonamides is 1. The summed E-state index contributed by atoms with van der Waals surface area (Å²) >= 11 is 0. The molecular formula is C20H26N2O7S2. The first-order valence-electron chi connectivity index (χ1n) is 9.29. The van der Waals surface area contributed by atoms with Crippen LogP contribution in [0.1, 0.15) is 10.4 Å². The highest BCUT2D eigenvalue weighted by atomic mass is 32.2. The van der Waals surface area contributed by atoms with Gasteiger partial charge in [0, 0.05) is 39.1 Å². The minimum atomic E-state index is -3.81. The number of para-hydroxylation sites is 1. The van der Waals surface area contributed by atoms with E-state index in [1.54, 1.807) is 12.1 Å². The summed E-state index contributed by atoms with van der Waals surface area (Å²) in [7, 11) is -4.38. The Morgan fingerprint density at radius 2 is 1.45 bits per heavy atom. The lowest BCUT2D eigenvalue weighted by Crippen LogP contribution is -2.36. The normalized spacial score (nSPS) is 12.1. The molecular weight excluding hydrogens is 444 g/mol. The van der Waals surface area contributed by atoms with E-state index >= 15 is 0 Å². The number of carbonyl (C=O) groups excluding carboxylic acids is 1. The topological polar surface area (TPSA) is 119 Å². The third-order valence-corrected chi connectivity index (χ3v) is 7.45. The van der Waals surface area contributed by atoms with E-state index in [0.29, 0.717) is 0 Å². The van der Waals surface area contributed by atoms with Gasteiger partial charge in [-0.3, -0.25) is 4.79 Å². The Morgan fingerprint density at radius 3 is 1.97 bits per heavy atom. The van der Waals surface area contributed by atoms with Crippen LogP contribution in [0.25, 0.3) is 0 Å². The van der Waals surface area contributed by atoms with Crippen molar-refractivity contribution in [1.82, 2.24) is 4.31 Å². The number of rotatable bonds is 11. The van der Waals surface area contributed by atoms with Crippen LogP contribution >= 0.6 is 0 Å². The molecule has 0 saturated carbocycles. The predicted octanol–water partition coefficient (Wildman–Crippen LogP) is 1.63. The molecule has 2 rings (SSSR count). The van der Waals surface area contributed by atoms with E-state index in [1.165, 1.54) is 54.9 Å². The van der Waals surface area contributed by atoms with Gasteiger partial charge in [-0.15, -0.1) is 0 Å². The van der Waals surface area contributed by atoms with Gasteiger partial charge < -0.3 is 14.8 Å². The molecule has 170 valence electrons. The van der Waals surface area contributed by atoms with Crippen LogP contribution < -0.4 is 5.32 Å². The molecule has 0 aromatic heterocycles. The van der Waals surface area contributed by atoms with Crippen molar-refractivity contribution in [2.24, 2.45) is 0 Å². The minimum absolute atomic E-state index is 0.00511. The Hall–Kier alpha value is -2.31. The van der Waals surface area contributed by atoms with Crippen LogP contribution in [0.15, 0.2) is 58.3 Å². The van der Waals surface area contributed by atoms with E-state index in [1.807, 2.05) is 0 Å². The van der Waals surface area contributed by atoms with Gasteiger partial charge >= 0.3 is 0 Å². The summed E-state index contributed by atoms with van der Waals surface area (Å²) in [5.74, 6) is -0.560. The zero-order valence-corrected chi connectivity index (χ0v) is 19.2. The fraction of sp³-hybridized carbons (Fsp3) is 0.350. The van der Waals surface area contributed by atoms with Crippen molar-refractivity contribution in [2.45, 2.75) is 9.79 Å². The Kier molecular flexibility index (Phi) is 8.71. The minimum Gasteiger partial charge on any atom is -0.383 e. The Balaban J connectivity index is 2.23. The van der Waals surface area contributed by atoms with Crippen molar-refractivity contribution < 1.29 is 31.1 Å². The average Bonchev–Trinajstić information content (AvgIpc) is 2.73. The zero-order valence-electron chi connectivity index (χ0n) is 17.6. The molecule has 0 aliphatic carbocycles. The number of hydrogen-bond acceptors (Lipinski definition) is 7. The summed E-state index contributed by atoms with van der Waals surface area (Å²) in [5.41, 5.74) is 0.333. The number of benzene rings is 2. The number of carbonyl (C=O) groups is 1. The van der Waals surface area contributed by atoms with Crippen LogP contribution in [0.5, 0.6) is 0 Å². The van der Waals surface area contributed by atoms with Gasteiger partial charge in [0.15, 0.2) is 9.84 Å². The Bertz CT molecular complexity index is 1090. The van der Waals surface area contributed by atoms with E-state index in [0.717, 1.165) is 6.26 Å². The Morgan fingerprint density at radius 1 is 0.903 bits per heavy atom. The van der Waals surface area contributed by atoms with Crippen LogP contribution in [0.4, 0.5) is 5.69 Å². The average molecular weight is 471 g/mol. The van der Waals surface area contributed by atoms with Crippen LogP contribution in [0.2, 0.25) is 0 Å². The summed E-state index contributed by atoms with van der Waals surface area (Å²) in [6.45, 7) is 0.770. The maximum absolute atomic E-state index is 12.9. The molecule has 0 fully saturated rings. The molecule has 0 aliphatic heterocycles. The highest BCUT2D eigenvalue weighted by Crippen LogP contribution is 2.22. The van der Waals surface area contributed by atoms with Crippen LogP contribution in [0, 0.1) is 0 Å². The number of ether oxygens (including phenoxy) is 2. The largest absolute Gasteiger partial charge is 0.383 e. The number of nitrogens with zero attached hydrogens (tertiary/aromatic N) is 1. The van der Waals surface area contributed by atoms with Crippen molar-refractivity contribution >= 4 is 31.5 Å². The molecule has 0 radical (unpaired) electrons. The van der Waals surface area contributed by atoms with E-state index in [2.05, 4.69) is 5.32 Å². The number of nitrogens with one attached hydrogen (secondary N) is 1. The molecule has 9 nitrogen and oxygen atoms in total. The quantitative estimate of drug-likeness (QED) is 0.530. The van der Waals surface area contributed by atoms with Crippen LogP contribution in [0.3, 0.4) is 0 Å². The second kappa shape index (κ2) is 10.8. The second-order valence-electron chi connectivity index (χ2n) is 6.64. The number of sulfone groups is 1. The molecule has 0 heterocycles. The highest BCUT2D eigenvalue weighted by Gasteiger charge is 2.24. The van der Waals surface area contributed by atoms with Gasteiger partial charge in [0.25, 0.3) is 5.91 Å². The van der Waals surface area contributed by atoms with Crippen molar-refractivity contribution in [3.05, 3.63) is 54.1 Å². The number of methoxy groups -OCH3 is 2. The molecule has 0 bridgehead atoms. The third-order valence-electron chi connectivity index (χ3n) is 4.38. The van der Waals surface area contributed by atoms with Crippen molar-refractivity contribution in [3.63, 3.8) is 0 Å². The second-order valence-corrected chi connectivity index (χ2v) is 10.6. The first-order chi connectivity index (χ1) is 14.6. The van der Waals surface area contributed by atoms with Crippen molar-refractivity contribution in [1.29, 1.82) is 0 Å². The highest BCUT2D eigenvalue weighted by molar-refractivity contribution is 7.91. The zero-order chi connectivity index (χ0) is 23.1.